The molecule has 0 N–H and O–H groups in total. The fraction of sp³-hybridized carbons (Fsp3) is 0.0476. The molecule has 26 heavy (non-hydrogen) atoms. The topological polar surface area (TPSA) is 30.7 Å². The highest BCUT2D eigenvalue weighted by Crippen LogP contribution is 2.29. The molecule has 0 amide bonds. The summed E-state index contributed by atoms with van der Waals surface area (Å²) in [5.41, 5.74) is 3.29. The lowest BCUT2D eigenvalue weighted by Crippen LogP contribution is -1.99. The summed E-state index contributed by atoms with van der Waals surface area (Å²) in [5, 5.41) is 10.5. The van der Waals surface area contributed by atoms with Gasteiger partial charge in [0.2, 0.25) is 0 Å². The summed E-state index contributed by atoms with van der Waals surface area (Å²) in [6.45, 7) is 0. The molecule has 0 saturated carbocycles. The highest BCUT2D eigenvalue weighted by molar-refractivity contribution is 7.98. The van der Waals surface area contributed by atoms with Gasteiger partial charge in [-0.2, -0.15) is 0 Å². The predicted octanol–water partition coefficient (Wildman–Crippen LogP) is 5.88. The van der Waals surface area contributed by atoms with Gasteiger partial charge in [-0.3, -0.25) is 4.57 Å². The lowest BCUT2D eigenvalue weighted by Gasteiger charge is -2.10. The molecule has 5 heteroatoms. The first kappa shape index (κ1) is 16.9. The van der Waals surface area contributed by atoms with Gasteiger partial charge in [-0.15, -0.1) is 10.2 Å². The first-order valence-corrected chi connectivity index (χ1v) is 9.61. The van der Waals surface area contributed by atoms with Crippen molar-refractivity contribution in [1.82, 2.24) is 14.8 Å². The Balaban J connectivity index is 1.70. The summed E-state index contributed by atoms with van der Waals surface area (Å²) >= 11 is 7.63. The van der Waals surface area contributed by atoms with E-state index < -0.39 is 0 Å². The van der Waals surface area contributed by atoms with Crippen molar-refractivity contribution in [2.75, 3.05) is 0 Å². The summed E-state index contributed by atoms with van der Waals surface area (Å²) in [6.07, 6.45) is 0. The molecule has 3 aromatic carbocycles. The van der Waals surface area contributed by atoms with Crippen LogP contribution in [0.25, 0.3) is 17.1 Å². The molecule has 0 saturated heterocycles. The average molecular weight is 378 g/mol. The Labute approximate surface area is 161 Å². The number of para-hydroxylation sites is 1. The van der Waals surface area contributed by atoms with E-state index in [9.17, 15) is 0 Å². The zero-order valence-corrected chi connectivity index (χ0v) is 15.5. The smallest absolute Gasteiger partial charge is 0.196 e. The van der Waals surface area contributed by atoms with Crippen molar-refractivity contribution < 1.29 is 0 Å². The molecule has 0 fully saturated rings. The fourth-order valence-electron chi connectivity index (χ4n) is 2.68. The van der Waals surface area contributed by atoms with Gasteiger partial charge in [0, 0.05) is 22.0 Å². The van der Waals surface area contributed by atoms with Gasteiger partial charge in [-0.05, 0) is 29.8 Å². The highest BCUT2D eigenvalue weighted by atomic mass is 35.5. The van der Waals surface area contributed by atoms with Crippen molar-refractivity contribution in [3.8, 4) is 17.1 Å². The third kappa shape index (κ3) is 3.66. The molecular weight excluding hydrogens is 362 g/mol. The molecular formula is C21H16ClN3S. The van der Waals surface area contributed by atoms with Crippen molar-refractivity contribution in [1.29, 1.82) is 0 Å². The normalized spacial score (nSPS) is 10.8. The van der Waals surface area contributed by atoms with Gasteiger partial charge >= 0.3 is 0 Å². The molecule has 0 unspecified atom stereocenters. The number of benzene rings is 3. The molecule has 0 aliphatic heterocycles. The Bertz CT molecular complexity index is 983. The Morgan fingerprint density at radius 1 is 0.769 bits per heavy atom. The minimum atomic E-state index is 0.748. The number of thioether (sulfide) groups is 1. The van der Waals surface area contributed by atoms with Gasteiger partial charge in [0.15, 0.2) is 11.0 Å². The minimum Gasteiger partial charge on any atom is -0.270 e. The van der Waals surface area contributed by atoms with Crippen molar-refractivity contribution in [2.45, 2.75) is 10.9 Å². The third-order valence-corrected chi connectivity index (χ3v) is 5.21. The maximum atomic E-state index is 5.97. The lowest BCUT2D eigenvalue weighted by atomic mass is 10.2. The lowest BCUT2D eigenvalue weighted by molar-refractivity contribution is 0.886. The van der Waals surface area contributed by atoms with Gasteiger partial charge in [0.05, 0.1) is 0 Å². The van der Waals surface area contributed by atoms with Gasteiger partial charge in [0.25, 0.3) is 0 Å². The van der Waals surface area contributed by atoms with Crippen LogP contribution in [0.4, 0.5) is 0 Å². The van der Waals surface area contributed by atoms with Crippen LogP contribution in [-0.4, -0.2) is 14.8 Å². The molecule has 0 radical (unpaired) electrons. The highest BCUT2D eigenvalue weighted by Gasteiger charge is 2.15. The van der Waals surface area contributed by atoms with E-state index >= 15 is 0 Å². The molecule has 128 valence electrons. The minimum absolute atomic E-state index is 0.748. The number of hydrogen-bond donors (Lipinski definition) is 0. The molecule has 1 heterocycles. The summed E-state index contributed by atoms with van der Waals surface area (Å²) in [7, 11) is 0. The standard InChI is InChI=1S/C21H16ClN3S/c22-18-13-11-16(12-14-18)15-26-21-24-23-20(17-7-3-1-4-8-17)25(21)19-9-5-2-6-10-19/h1-14H,15H2. The summed E-state index contributed by atoms with van der Waals surface area (Å²) in [6, 6.07) is 28.2. The van der Waals surface area contributed by atoms with E-state index in [1.807, 2.05) is 60.7 Å². The molecule has 3 nitrogen and oxygen atoms in total. The van der Waals surface area contributed by atoms with Crippen LogP contribution in [-0.2, 0) is 5.75 Å². The molecule has 0 aliphatic rings. The largest absolute Gasteiger partial charge is 0.270 e. The van der Waals surface area contributed by atoms with Gasteiger partial charge < -0.3 is 0 Å². The van der Waals surface area contributed by atoms with Crippen LogP contribution in [0, 0.1) is 0 Å². The summed E-state index contributed by atoms with van der Waals surface area (Å²) < 4.78 is 2.11. The fourth-order valence-corrected chi connectivity index (χ4v) is 3.71. The Kier molecular flexibility index (Phi) is 5.04. The van der Waals surface area contributed by atoms with Crippen LogP contribution in [0.3, 0.4) is 0 Å². The average Bonchev–Trinajstić information content (AvgIpc) is 3.13. The maximum absolute atomic E-state index is 5.97. The number of rotatable bonds is 5. The zero-order chi connectivity index (χ0) is 17.8. The van der Waals surface area contributed by atoms with E-state index in [-0.39, 0.29) is 0 Å². The first-order chi connectivity index (χ1) is 12.8. The summed E-state index contributed by atoms with van der Waals surface area (Å²) in [5.74, 6) is 1.65. The van der Waals surface area contributed by atoms with E-state index in [1.54, 1.807) is 11.8 Å². The summed E-state index contributed by atoms with van der Waals surface area (Å²) in [4.78, 5) is 0. The second-order valence-corrected chi connectivity index (χ2v) is 7.14. The zero-order valence-electron chi connectivity index (χ0n) is 13.9. The SMILES string of the molecule is Clc1ccc(CSc2nnc(-c3ccccc3)n2-c2ccccc2)cc1. The van der Waals surface area contributed by atoms with Crippen LogP contribution in [0.2, 0.25) is 5.02 Å². The van der Waals surface area contributed by atoms with E-state index in [4.69, 9.17) is 11.6 Å². The second kappa shape index (κ2) is 7.77. The van der Waals surface area contributed by atoms with Gasteiger partial charge in [-0.1, -0.05) is 84.0 Å². The van der Waals surface area contributed by atoms with Crippen molar-refractivity contribution in [2.24, 2.45) is 0 Å². The van der Waals surface area contributed by atoms with E-state index in [1.165, 1.54) is 5.56 Å². The Hall–Kier alpha value is -2.56. The number of hydrogen-bond acceptors (Lipinski definition) is 3. The van der Waals surface area contributed by atoms with Crippen LogP contribution in [0.5, 0.6) is 0 Å². The quantitative estimate of drug-likeness (QED) is 0.407. The van der Waals surface area contributed by atoms with Crippen molar-refractivity contribution in [3.05, 3.63) is 95.5 Å². The van der Waals surface area contributed by atoms with E-state index in [0.29, 0.717) is 0 Å². The van der Waals surface area contributed by atoms with Gasteiger partial charge in [-0.25, -0.2) is 0 Å². The number of halogens is 1. The molecule has 0 bridgehead atoms. The first-order valence-electron chi connectivity index (χ1n) is 8.25. The van der Waals surface area contributed by atoms with Crippen LogP contribution in [0.15, 0.2) is 90.1 Å². The van der Waals surface area contributed by atoms with Crippen LogP contribution in [0.1, 0.15) is 5.56 Å². The van der Waals surface area contributed by atoms with E-state index in [0.717, 1.165) is 33.0 Å². The third-order valence-electron chi connectivity index (χ3n) is 3.96. The van der Waals surface area contributed by atoms with E-state index in [2.05, 4.69) is 39.0 Å². The maximum Gasteiger partial charge on any atom is 0.196 e. The molecule has 0 spiro atoms. The second-order valence-electron chi connectivity index (χ2n) is 5.76. The Morgan fingerprint density at radius 2 is 1.42 bits per heavy atom. The van der Waals surface area contributed by atoms with Crippen molar-refractivity contribution >= 4 is 23.4 Å². The molecule has 1 aromatic heterocycles. The van der Waals surface area contributed by atoms with Gasteiger partial charge in [0.1, 0.15) is 0 Å². The number of nitrogens with zero attached hydrogens (tertiary/aromatic N) is 3. The van der Waals surface area contributed by atoms with Crippen LogP contribution < -0.4 is 0 Å². The predicted molar refractivity (Wildman–Crippen MR) is 108 cm³/mol. The molecule has 0 aliphatic carbocycles. The van der Waals surface area contributed by atoms with Crippen molar-refractivity contribution in [3.63, 3.8) is 0 Å². The Morgan fingerprint density at radius 3 is 2.12 bits per heavy atom. The molecule has 4 aromatic rings. The van der Waals surface area contributed by atoms with Crippen LogP contribution >= 0.6 is 23.4 Å². The monoisotopic (exact) mass is 377 g/mol. The molecule has 0 atom stereocenters. The number of aromatic nitrogens is 3. The molecule has 4 rings (SSSR count).